The number of ketones is 1. The number of rotatable bonds is 2. The van der Waals surface area contributed by atoms with E-state index in [1.165, 1.54) is 13.2 Å². The van der Waals surface area contributed by atoms with Crippen LogP contribution in [-0.2, 0) is 23.9 Å². The highest BCUT2D eigenvalue weighted by Crippen LogP contribution is 2.64. The van der Waals surface area contributed by atoms with Crippen molar-refractivity contribution in [2.75, 3.05) is 7.11 Å². The molecule has 144 valence electrons. The van der Waals surface area contributed by atoms with Crippen LogP contribution in [0, 0.1) is 22.7 Å². The van der Waals surface area contributed by atoms with E-state index in [1.807, 2.05) is 6.92 Å². The van der Waals surface area contributed by atoms with Gasteiger partial charge in [-0.05, 0) is 42.7 Å². The van der Waals surface area contributed by atoms with E-state index in [1.54, 1.807) is 18.6 Å². The van der Waals surface area contributed by atoms with Gasteiger partial charge in [0, 0.05) is 23.0 Å². The highest BCUT2D eigenvalue weighted by atomic mass is 16.5. The molecule has 6 heteroatoms. The second-order valence-corrected chi connectivity index (χ2v) is 8.47. The van der Waals surface area contributed by atoms with Crippen LogP contribution >= 0.6 is 0 Å². The third-order valence-corrected chi connectivity index (χ3v) is 7.13. The van der Waals surface area contributed by atoms with Gasteiger partial charge in [0.2, 0.25) is 0 Å². The molecule has 0 amide bonds. The predicted molar refractivity (Wildman–Crippen MR) is 94.3 cm³/mol. The summed E-state index contributed by atoms with van der Waals surface area (Å²) >= 11 is 0. The maximum Gasteiger partial charge on any atom is 0.334 e. The van der Waals surface area contributed by atoms with E-state index in [9.17, 15) is 14.4 Å². The Hall–Kier alpha value is -2.37. The van der Waals surface area contributed by atoms with E-state index < -0.39 is 22.9 Å². The van der Waals surface area contributed by atoms with E-state index in [0.717, 1.165) is 5.56 Å². The molecule has 4 rings (SSSR count). The fourth-order valence-electron chi connectivity index (χ4n) is 5.67. The maximum absolute atomic E-state index is 12.8. The third kappa shape index (κ3) is 2.57. The molecule has 0 radical (unpaired) electrons. The number of methoxy groups -OCH3 is 1. The summed E-state index contributed by atoms with van der Waals surface area (Å²) in [5.74, 6) is -1.17. The summed E-state index contributed by atoms with van der Waals surface area (Å²) in [4.78, 5) is 37.7. The number of furan rings is 1. The van der Waals surface area contributed by atoms with Crippen LogP contribution in [-0.4, -0.2) is 24.8 Å². The first kappa shape index (κ1) is 18.0. The minimum atomic E-state index is -0.495. The second-order valence-electron chi connectivity index (χ2n) is 8.47. The molecule has 6 nitrogen and oxygen atoms in total. The van der Waals surface area contributed by atoms with Crippen molar-refractivity contribution in [1.82, 2.24) is 0 Å². The van der Waals surface area contributed by atoms with Gasteiger partial charge in [-0.25, -0.2) is 4.79 Å². The lowest BCUT2D eigenvalue weighted by Gasteiger charge is -2.59. The lowest BCUT2D eigenvalue weighted by atomic mass is 9.45. The molecule has 1 unspecified atom stereocenters. The Morgan fingerprint density at radius 3 is 2.74 bits per heavy atom. The van der Waals surface area contributed by atoms with Gasteiger partial charge < -0.3 is 13.9 Å². The Labute approximate surface area is 157 Å². The van der Waals surface area contributed by atoms with E-state index in [0.29, 0.717) is 31.3 Å². The Morgan fingerprint density at radius 1 is 1.30 bits per heavy atom. The van der Waals surface area contributed by atoms with Crippen molar-refractivity contribution in [2.24, 2.45) is 22.7 Å². The van der Waals surface area contributed by atoms with Crippen LogP contribution in [0.3, 0.4) is 0 Å². The molecule has 1 saturated heterocycles. The minimum Gasteiger partial charge on any atom is -0.472 e. The number of allylic oxidation sites excluding steroid dienone is 1. The summed E-state index contributed by atoms with van der Waals surface area (Å²) in [6.45, 7) is 4.10. The first-order chi connectivity index (χ1) is 12.8. The van der Waals surface area contributed by atoms with E-state index in [4.69, 9.17) is 13.9 Å². The third-order valence-electron chi connectivity index (χ3n) is 7.13. The zero-order valence-corrected chi connectivity index (χ0v) is 15.8. The summed E-state index contributed by atoms with van der Waals surface area (Å²) in [6, 6.07) is 1.80. The van der Waals surface area contributed by atoms with Crippen LogP contribution < -0.4 is 0 Å². The van der Waals surface area contributed by atoms with Crippen molar-refractivity contribution in [3.8, 4) is 0 Å². The molecular formula is C21H24O6. The molecule has 0 aromatic carbocycles. The first-order valence-electron chi connectivity index (χ1n) is 9.35. The number of cyclic esters (lactones) is 1. The lowest BCUT2D eigenvalue weighted by Crippen LogP contribution is -2.57. The van der Waals surface area contributed by atoms with Crippen molar-refractivity contribution in [2.45, 2.75) is 45.6 Å². The standard InChI is InChI=1S/C21H24O6/c1-20-6-4-14-19(24)27-16(12-5-7-26-11-12)10-21(14,2)17(20)9-13(22)8-15(20)18(23)25-3/h5,7-8,11,14,16-17H,4,6,9-10H2,1-3H3/t14-,16+,17?,20+,21+/m1/s1. The van der Waals surface area contributed by atoms with Gasteiger partial charge in [0.1, 0.15) is 6.10 Å². The van der Waals surface area contributed by atoms with Crippen molar-refractivity contribution < 1.29 is 28.3 Å². The van der Waals surface area contributed by atoms with Gasteiger partial charge >= 0.3 is 11.9 Å². The summed E-state index contributed by atoms with van der Waals surface area (Å²) in [7, 11) is 1.33. The van der Waals surface area contributed by atoms with Gasteiger partial charge in [0.15, 0.2) is 5.78 Å². The highest BCUT2D eigenvalue weighted by molar-refractivity contribution is 6.02. The van der Waals surface area contributed by atoms with Crippen molar-refractivity contribution in [3.05, 3.63) is 35.8 Å². The topological polar surface area (TPSA) is 82.8 Å². The Kier molecular flexibility index (Phi) is 4.05. The van der Waals surface area contributed by atoms with Crippen LogP contribution in [0.1, 0.15) is 51.2 Å². The molecule has 27 heavy (non-hydrogen) atoms. The monoisotopic (exact) mass is 372 g/mol. The molecule has 1 aromatic rings. The molecule has 1 aliphatic heterocycles. The van der Waals surface area contributed by atoms with Gasteiger partial charge in [-0.3, -0.25) is 9.59 Å². The van der Waals surface area contributed by atoms with E-state index >= 15 is 0 Å². The number of fused-ring (bicyclic) bond motifs is 3. The first-order valence-corrected chi connectivity index (χ1v) is 9.35. The predicted octanol–water partition coefficient (Wildman–Crippen LogP) is 3.38. The fraction of sp³-hybridized carbons (Fsp3) is 0.571. The molecule has 2 fully saturated rings. The molecule has 1 saturated carbocycles. The summed E-state index contributed by atoms with van der Waals surface area (Å²) in [5.41, 5.74) is 0.309. The number of hydrogen-bond acceptors (Lipinski definition) is 6. The maximum atomic E-state index is 12.8. The fourth-order valence-corrected chi connectivity index (χ4v) is 5.67. The zero-order chi connectivity index (χ0) is 19.4. The largest absolute Gasteiger partial charge is 0.472 e. The normalized spacial score (nSPS) is 38.3. The SMILES string of the molecule is COC(=O)C1=CC(=O)CC2[C@@]1(C)CC[C@@H]1C(=O)O[C@H](c3ccoc3)C[C@]21C. The molecule has 2 heterocycles. The Morgan fingerprint density at radius 2 is 2.07 bits per heavy atom. The molecule has 0 N–H and O–H groups in total. The number of carbonyl (C=O) groups excluding carboxylic acids is 3. The number of carbonyl (C=O) groups is 3. The molecule has 0 spiro atoms. The van der Waals surface area contributed by atoms with Gasteiger partial charge in [-0.15, -0.1) is 0 Å². The minimum absolute atomic E-state index is 0.0847. The van der Waals surface area contributed by atoms with Gasteiger partial charge in [-0.1, -0.05) is 13.8 Å². The molecule has 1 aromatic heterocycles. The lowest BCUT2D eigenvalue weighted by molar-refractivity contribution is -0.191. The molecule has 5 atom stereocenters. The molecule has 3 aliphatic rings. The smallest absolute Gasteiger partial charge is 0.334 e. The average Bonchev–Trinajstić information content (AvgIpc) is 3.16. The Bertz CT molecular complexity index is 822. The Balaban J connectivity index is 1.77. The van der Waals surface area contributed by atoms with Crippen LogP contribution in [0.15, 0.2) is 34.7 Å². The second kappa shape index (κ2) is 6.08. The van der Waals surface area contributed by atoms with Crippen LogP contribution in [0.4, 0.5) is 0 Å². The van der Waals surface area contributed by atoms with Crippen molar-refractivity contribution in [1.29, 1.82) is 0 Å². The van der Waals surface area contributed by atoms with Crippen LogP contribution in [0.25, 0.3) is 0 Å². The molecular weight excluding hydrogens is 348 g/mol. The van der Waals surface area contributed by atoms with Crippen LogP contribution in [0.2, 0.25) is 0 Å². The molecule has 2 aliphatic carbocycles. The zero-order valence-electron chi connectivity index (χ0n) is 15.8. The number of ether oxygens (including phenoxy) is 2. The summed E-state index contributed by atoms with van der Waals surface area (Å²) < 4.78 is 15.8. The van der Waals surface area contributed by atoms with E-state index in [2.05, 4.69) is 6.92 Å². The average molecular weight is 372 g/mol. The molecule has 0 bridgehead atoms. The summed E-state index contributed by atoms with van der Waals surface area (Å²) in [6.07, 6.45) is 6.41. The van der Waals surface area contributed by atoms with Gasteiger partial charge in [0.05, 0.1) is 25.6 Å². The number of esters is 2. The van der Waals surface area contributed by atoms with Crippen molar-refractivity contribution in [3.63, 3.8) is 0 Å². The highest BCUT2D eigenvalue weighted by Gasteiger charge is 2.62. The van der Waals surface area contributed by atoms with E-state index in [-0.39, 0.29) is 23.6 Å². The number of hydrogen-bond donors (Lipinski definition) is 0. The van der Waals surface area contributed by atoms with Crippen molar-refractivity contribution >= 4 is 17.7 Å². The quantitative estimate of drug-likeness (QED) is 0.740. The van der Waals surface area contributed by atoms with Gasteiger partial charge in [-0.2, -0.15) is 0 Å². The summed E-state index contributed by atoms with van der Waals surface area (Å²) in [5, 5.41) is 0. The van der Waals surface area contributed by atoms with Crippen LogP contribution in [0.5, 0.6) is 0 Å². The van der Waals surface area contributed by atoms with Gasteiger partial charge in [0.25, 0.3) is 0 Å².